The molecule has 0 aromatic carbocycles. The van der Waals surface area contributed by atoms with Gasteiger partial charge in [0.15, 0.2) is 5.78 Å². The largest absolute Gasteiger partial charge is 0.289 e. The van der Waals surface area contributed by atoms with E-state index in [0.717, 1.165) is 0 Å². The highest BCUT2D eigenvalue weighted by Gasteiger charge is 2.08. The lowest BCUT2D eigenvalue weighted by Gasteiger charge is -2.01. The lowest BCUT2D eigenvalue weighted by Crippen LogP contribution is -2.02. The molecule has 0 amide bonds. The van der Waals surface area contributed by atoms with Gasteiger partial charge in [-0.15, -0.1) is 0 Å². The van der Waals surface area contributed by atoms with Gasteiger partial charge < -0.3 is 0 Å². The lowest BCUT2D eigenvalue weighted by atomic mass is 10.0. The third-order valence-electron chi connectivity index (χ3n) is 1.81. The maximum Gasteiger partial charge on any atom is 0.192 e. The first kappa shape index (κ1) is 14.1. The van der Waals surface area contributed by atoms with Crippen molar-refractivity contribution >= 4 is 5.78 Å². The first-order valence-electron chi connectivity index (χ1n) is 5.16. The molecule has 1 nitrogen and oxygen atoms in total. The summed E-state index contributed by atoms with van der Waals surface area (Å²) in [6, 6.07) is 0. The Hall–Kier alpha value is -1.89. The number of ketones is 1. The van der Waals surface area contributed by atoms with Crippen molar-refractivity contribution in [2.45, 2.75) is 13.8 Å². The number of hydrogen-bond acceptors (Lipinski definition) is 1. The normalized spacial score (nSPS) is 13.4. The van der Waals surface area contributed by atoms with Gasteiger partial charge in [0.25, 0.3) is 0 Å². The van der Waals surface area contributed by atoms with Gasteiger partial charge in [0, 0.05) is 11.1 Å². The van der Waals surface area contributed by atoms with E-state index < -0.39 is 0 Å². The molecule has 0 saturated carbocycles. The average Bonchev–Trinajstić information content (AvgIpc) is 2.27. The van der Waals surface area contributed by atoms with Crippen LogP contribution in [0.2, 0.25) is 0 Å². The van der Waals surface area contributed by atoms with Gasteiger partial charge in [0.1, 0.15) is 0 Å². The van der Waals surface area contributed by atoms with E-state index in [2.05, 4.69) is 13.2 Å². The van der Waals surface area contributed by atoms with Crippen molar-refractivity contribution in [1.82, 2.24) is 0 Å². The highest BCUT2D eigenvalue weighted by Crippen LogP contribution is 2.10. The van der Waals surface area contributed by atoms with E-state index in [1.807, 2.05) is 26.0 Å². The Kier molecular flexibility index (Phi) is 7.43. The first-order chi connectivity index (χ1) is 7.71. The number of Topliss-reactive ketones (excluding diaryl/α,β-unsaturated/α-hetero) is 1. The summed E-state index contributed by atoms with van der Waals surface area (Å²) < 4.78 is 0. The Balaban J connectivity index is 5.26. The zero-order chi connectivity index (χ0) is 12.4. The van der Waals surface area contributed by atoms with Crippen molar-refractivity contribution in [3.8, 4) is 0 Å². The molecular formula is C15H18O. The van der Waals surface area contributed by atoms with Gasteiger partial charge in [-0.05, 0) is 13.8 Å². The van der Waals surface area contributed by atoms with Gasteiger partial charge in [-0.1, -0.05) is 61.8 Å². The van der Waals surface area contributed by atoms with Crippen LogP contribution in [0.15, 0.2) is 72.9 Å². The van der Waals surface area contributed by atoms with Gasteiger partial charge in [-0.25, -0.2) is 0 Å². The predicted octanol–water partition coefficient (Wildman–Crippen LogP) is 3.93. The Morgan fingerprint density at radius 1 is 0.875 bits per heavy atom. The summed E-state index contributed by atoms with van der Waals surface area (Å²) >= 11 is 0. The fourth-order valence-corrected chi connectivity index (χ4v) is 1.19. The van der Waals surface area contributed by atoms with Crippen LogP contribution in [0.5, 0.6) is 0 Å². The summed E-state index contributed by atoms with van der Waals surface area (Å²) in [4.78, 5) is 12.1. The summed E-state index contributed by atoms with van der Waals surface area (Å²) in [5, 5.41) is 0. The molecule has 0 spiro atoms. The smallest absolute Gasteiger partial charge is 0.192 e. The standard InChI is InChI=1S/C15H18O/c1-5-9-13(10-6-2)15(16)14(11-7-3)12-8-4/h5-12H,1,3H2,2,4H3/b10-6-,12-8-,13-9+,14-11+. The van der Waals surface area contributed by atoms with E-state index >= 15 is 0 Å². The molecule has 0 aliphatic carbocycles. The minimum Gasteiger partial charge on any atom is -0.289 e. The number of rotatable bonds is 6. The van der Waals surface area contributed by atoms with Crippen molar-refractivity contribution in [3.05, 3.63) is 72.9 Å². The second-order valence-electron chi connectivity index (χ2n) is 3.04. The van der Waals surface area contributed by atoms with Crippen LogP contribution in [-0.4, -0.2) is 5.78 Å². The lowest BCUT2D eigenvalue weighted by molar-refractivity contribution is -0.111. The molecule has 0 radical (unpaired) electrons. The second-order valence-corrected chi connectivity index (χ2v) is 3.04. The van der Waals surface area contributed by atoms with E-state index in [1.54, 1.807) is 36.5 Å². The Morgan fingerprint density at radius 3 is 1.50 bits per heavy atom. The quantitative estimate of drug-likeness (QED) is 0.483. The molecule has 84 valence electrons. The van der Waals surface area contributed by atoms with Crippen LogP contribution in [0.4, 0.5) is 0 Å². The van der Waals surface area contributed by atoms with Gasteiger partial charge in [-0.2, -0.15) is 0 Å². The molecule has 1 heteroatoms. The minimum atomic E-state index is -0.0315. The van der Waals surface area contributed by atoms with Crippen LogP contribution in [0.25, 0.3) is 0 Å². The summed E-state index contributed by atoms with van der Waals surface area (Å²) in [6.07, 6.45) is 13.8. The van der Waals surface area contributed by atoms with Crippen LogP contribution in [-0.2, 0) is 4.79 Å². The van der Waals surface area contributed by atoms with Gasteiger partial charge in [0.05, 0.1) is 0 Å². The van der Waals surface area contributed by atoms with Crippen LogP contribution in [0, 0.1) is 0 Å². The van der Waals surface area contributed by atoms with Crippen LogP contribution in [0.1, 0.15) is 13.8 Å². The maximum atomic E-state index is 12.1. The predicted molar refractivity (Wildman–Crippen MR) is 71.2 cm³/mol. The van der Waals surface area contributed by atoms with Crippen LogP contribution >= 0.6 is 0 Å². The fraction of sp³-hybridized carbons (Fsp3) is 0.133. The van der Waals surface area contributed by atoms with E-state index in [0.29, 0.717) is 11.1 Å². The number of allylic oxidation sites excluding steroid dienone is 10. The van der Waals surface area contributed by atoms with Crippen molar-refractivity contribution in [3.63, 3.8) is 0 Å². The molecule has 0 aliphatic heterocycles. The molecule has 0 N–H and O–H groups in total. The number of carbonyl (C=O) groups excluding carboxylic acids is 1. The van der Waals surface area contributed by atoms with Crippen LogP contribution < -0.4 is 0 Å². The van der Waals surface area contributed by atoms with Crippen molar-refractivity contribution in [2.75, 3.05) is 0 Å². The summed E-state index contributed by atoms with van der Waals surface area (Å²) in [7, 11) is 0. The molecule has 0 rings (SSSR count). The Bertz CT molecular complexity index is 340. The first-order valence-corrected chi connectivity index (χ1v) is 5.16. The summed E-state index contributed by atoms with van der Waals surface area (Å²) in [5.74, 6) is -0.0315. The zero-order valence-corrected chi connectivity index (χ0v) is 9.94. The van der Waals surface area contributed by atoms with Crippen molar-refractivity contribution in [1.29, 1.82) is 0 Å². The van der Waals surface area contributed by atoms with E-state index in [1.165, 1.54) is 0 Å². The SMILES string of the molecule is C=C/C=C(\C=C/C)C(=O)C(/C=C\C)=C/C=C. The van der Waals surface area contributed by atoms with E-state index in [4.69, 9.17) is 0 Å². The Morgan fingerprint density at radius 2 is 1.25 bits per heavy atom. The molecule has 0 saturated heterocycles. The zero-order valence-electron chi connectivity index (χ0n) is 9.94. The summed E-state index contributed by atoms with van der Waals surface area (Å²) in [6.45, 7) is 10.9. The monoisotopic (exact) mass is 214 g/mol. The molecule has 0 aromatic heterocycles. The molecule has 0 atom stereocenters. The number of carbonyl (C=O) groups is 1. The van der Waals surface area contributed by atoms with Crippen LogP contribution in [0.3, 0.4) is 0 Å². The van der Waals surface area contributed by atoms with E-state index in [9.17, 15) is 4.79 Å². The van der Waals surface area contributed by atoms with Crippen molar-refractivity contribution in [2.24, 2.45) is 0 Å². The maximum absolute atomic E-state index is 12.1. The highest BCUT2D eigenvalue weighted by molar-refractivity contribution is 6.12. The van der Waals surface area contributed by atoms with Gasteiger partial charge >= 0.3 is 0 Å². The minimum absolute atomic E-state index is 0.0315. The second kappa shape index (κ2) is 8.42. The molecule has 0 fully saturated rings. The van der Waals surface area contributed by atoms with Crippen molar-refractivity contribution < 1.29 is 4.79 Å². The van der Waals surface area contributed by atoms with Gasteiger partial charge in [-0.3, -0.25) is 4.79 Å². The summed E-state index contributed by atoms with van der Waals surface area (Å²) in [5.41, 5.74) is 1.23. The Labute approximate surface area is 97.9 Å². The van der Waals surface area contributed by atoms with Gasteiger partial charge in [0.2, 0.25) is 0 Å². The molecule has 16 heavy (non-hydrogen) atoms. The number of hydrogen-bond donors (Lipinski definition) is 0. The molecular weight excluding hydrogens is 196 g/mol. The molecule has 0 unspecified atom stereocenters. The molecule has 0 aliphatic rings. The topological polar surface area (TPSA) is 17.1 Å². The third-order valence-corrected chi connectivity index (χ3v) is 1.81. The third kappa shape index (κ3) is 4.56. The molecule has 0 bridgehead atoms. The average molecular weight is 214 g/mol. The fourth-order valence-electron chi connectivity index (χ4n) is 1.19. The van der Waals surface area contributed by atoms with E-state index in [-0.39, 0.29) is 5.78 Å². The highest BCUT2D eigenvalue weighted by atomic mass is 16.1. The molecule has 0 heterocycles. The molecule has 0 aromatic rings.